The maximum atomic E-state index is 9.39. The van der Waals surface area contributed by atoms with E-state index >= 15 is 0 Å². The fraction of sp³-hybridized carbons (Fsp3) is 0.400. The summed E-state index contributed by atoms with van der Waals surface area (Å²) in [6.07, 6.45) is -1.40. The largest absolute Gasteiger partial charge is 0.389 e. The third-order valence-electron chi connectivity index (χ3n) is 7.84. The van der Waals surface area contributed by atoms with Crippen molar-refractivity contribution in [2.75, 3.05) is 0 Å². The molecule has 4 rings (SSSR count). The van der Waals surface area contributed by atoms with E-state index in [-0.39, 0.29) is 24.4 Å². The monoisotopic (exact) mass is 600 g/mol. The molecule has 0 aliphatic heterocycles. The summed E-state index contributed by atoms with van der Waals surface area (Å²) < 4.78 is 0. The standard InChI is InChI=1S/4C10H14O/c4*1-7-5-4-6-8(2)10(7)9(3)11/h4*4-6,9,11H,1-3H3/t4*9-/m0000/s1. The summed E-state index contributed by atoms with van der Waals surface area (Å²) in [5, 5.41) is 37.5. The number of hydrogen-bond donors (Lipinski definition) is 4. The quantitative estimate of drug-likeness (QED) is 0.188. The molecular weight excluding hydrogens is 544 g/mol. The van der Waals surface area contributed by atoms with Crippen molar-refractivity contribution in [3.63, 3.8) is 0 Å². The van der Waals surface area contributed by atoms with Gasteiger partial charge in [-0.05, 0) is 150 Å². The maximum Gasteiger partial charge on any atom is 0.0767 e. The fourth-order valence-electron chi connectivity index (χ4n) is 5.95. The predicted octanol–water partition coefficient (Wildman–Crippen LogP) is 9.43. The number of aliphatic hydroxyl groups is 4. The molecule has 0 unspecified atom stereocenters. The zero-order valence-electron chi connectivity index (χ0n) is 29.0. The molecule has 0 aromatic heterocycles. The molecule has 44 heavy (non-hydrogen) atoms. The van der Waals surface area contributed by atoms with Gasteiger partial charge in [-0.3, -0.25) is 0 Å². The molecule has 0 radical (unpaired) electrons. The third kappa shape index (κ3) is 11.7. The molecule has 4 aromatic carbocycles. The van der Waals surface area contributed by atoms with E-state index in [1.54, 1.807) is 27.7 Å². The molecule has 0 saturated carbocycles. The maximum absolute atomic E-state index is 9.39. The lowest BCUT2D eigenvalue weighted by Gasteiger charge is -2.11. The van der Waals surface area contributed by atoms with Gasteiger partial charge in [-0.25, -0.2) is 0 Å². The summed E-state index contributed by atoms with van der Waals surface area (Å²) in [6.45, 7) is 23.4. The molecule has 0 heterocycles. The molecule has 4 heteroatoms. The highest BCUT2D eigenvalue weighted by Gasteiger charge is 2.08. The average Bonchev–Trinajstić information content (AvgIpc) is 2.89. The molecule has 0 aliphatic carbocycles. The van der Waals surface area contributed by atoms with Crippen LogP contribution < -0.4 is 0 Å². The van der Waals surface area contributed by atoms with Crippen LogP contribution in [0.5, 0.6) is 0 Å². The van der Waals surface area contributed by atoms with E-state index < -0.39 is 0 Å². The molecule has 4 aromatic rings. The summed E-state index contributed by atoms with van der Waals surface area (Å²) in [4.78, 5) is 0. The normalized spacial score (nSPS) is 13.1. The first-order chi connectivity index (χ1) is 20.5. The molecule has 0 spiro atoms. The van der Waals surface area contributed by atoms with Gasteiger partial charge in [0, 0.05) is 0 Å². The van der Waals surface area contributed by atoms with Gasteiger partial charge in [0.2, 0.25) is 0 Å². The Balaban J connectivity index is 0.000000293. The Hall–Kier alpha value is -3.28. The third-order valence-corrected chi connectivity index (χ3v) is 7.84. The molecule has 0 aliphatic rings. The van der Waals surface area contributed by atoms with E-state index in [1.807, 2.05) is 128 Å². The molecule has 240 valence electrons. The summed E-state index contributed by atoms with van der Waals surface area (Å²) in [6, 6.07) is 24.2. The molecule has 4 atom stereocenters. The first kappa shape index (κ1) is 38.7. The Labute approximate surface area is 267 Å². The summed E-state index contributed by atoms with van der Waals surface area (Å²) in [5.41, 5.74) is 13.6. The SMILES string of the molecule is Cc1cccc(C)c1[C@H](C)O.Cc1cccc(C)c1[C@H](C)O.Cc1cccc(C)c1[C@H](C)O.Cc1cccc(C)c1[C@H](C)O. The van der Waals surface area contributed by atoms with Crippen molar-refractivity contribution in [3.8, 4) is 0 Å². The van der Waals surface area contributed by atoms with Gasteiger partial charge in [-0.2, -0.15) is 0 Å². The minimum atomic E-state index is -0.351. The van der Waals surface area contributed by atoms with Gasteiger partial charge in [-0.15, -0.1) is 0 Å². The Morgan fingerprint density at radius 1 is 0.295 bits per heavy atom. The minimum Gasteiger partial charge on any atom is -0.389 e. The lowest BCUT2D eigenvalue weighted by molar-refractivity contribution is 0.197. The first-order valence-electron chi connectivity index (χ1n) is 15.5. The second-order valence-electron chi connectivity index (χ2n) is 11.9. The van der Waals surface area contributed by atoms with Crippen molar-refractivity contribution >= 4 is 0 Å². The first-order valence-corrected chi connectivity index (χ1v) is 15.5. The van der Waals surface area contributed by atoms with Crippen LogP contribution in [0.4, 0.5) is 0 Å². The fourth-order valence-corrected chi connectivity index (χ4v) is 5.95. The van der Waals surface area contributed by atoms with Crippen molar-refractivity contribution in [3.05, 3.63) is 140 Å². The smallest absolute Gasteiger partial charge is 0.0767 e. The molecule has 0 amide bonds. The van der Waals surface area contributed by atoms with E-state index in [2.05, 4.69) is 0 Å². The van der Waals surface area contributed by atoms with Gasteiger partial charge in [0.25, 0.3) is 0 Å². The highest BCUT2D eigenvalue weighted by Crippen LogP contribution is 2.23. The number of aryl methyl sites for hydroxylation is 8. The molecular formula is C40H56O4. The van der Waals surface area contributed by atoms with Crippen LogP contribution in [0.1, 0.15) is 119 Å². The van der Waals surface area contributed by atoms with Gasteiger partial charge in [0.1, 0.15) is 0 Å². The zero-order valence-corrected chi connectivity index (χ0v) is 29.0. The molecule has 4 nitrogen and oxygen atoms in total. The van der Waals surface area contributed by atoms with E-state index in [1.165, 1.54) is 44.5 Å². The van der Waals surface area contributed by atoms with Crippen LogP contribution in [0.25, 0.3) is 0 Å². The topological polar surface area (TPSA) is 80.9 Å². The van der Waals surface area contributed by atoms with E-state index in [0.29, 0.717) is 0 Å². The van der Waals surface area contributed by atoms with E-state index in [4.69, 9.17) is 0 Å². The summed E-state index contributed by atoms with van der Waals surface area (Å²) >= 11 is 0. The Kier molecular flexibility index (Phi) is 16.3. The van der Waals surface area contributed by atoms with Crippen LogP contribution in [0, 0.1) is 55.4 Å². The lowest BCUT2D eigenvalue weighted by atomic mass is 9.99. The Bertz CT molecular complexity index is 1150. The molecule has 4 N–H and O–H groups in total. The predicted molar refractivity (Wildman–Crippen MR) is 186 cm³/mol. The lowest BCUT2D eigenvalue weighted by Crippen LogP contribution is -1.97. The summed E-state index contributed by atoms with van der Waals surface area (Å²) in [7, 11) is 0. The Morgan fingerprint density at radius 3 is 0.477 bits per heavy atom. The van der Waals surface area contributed by atoms with Gasteiger partial charge < -0.3 is 20.4 Å². The van der Waals surface area contributed by atoms with Crippen molar-refractivity contribution < 1.29 is 20.4 Å². The molecule has 0 saturated heterocycles. The minimum absolute atomic E-state index is 0.351. The van der Waals surface area contributed by atoms with Crippen LogP contribution in [0.15, 0.2) is 72.8 Å². The van der Waals surface area contributed by atoms with Crippen LogP contribution in [0.3, 0.4) is 0 Å². The van der Waals surface area contributed by atoms with Crippen LogP contribution in [-0.2, 0) is 0 Å². The summed E-state index contributed by atoms with van der Waals surface area (Å²) in [5.74, 6) is 0. The molecule has 0 bridgehead atoms. The second-order valence-corrected chi connectivity index (χ2v) is 11.9. The zero-order chi connectivity index (χ0) is 33.7. The van der Waals surface area contributed by atoms with Gasteiger partial charge in [0.15, 0.2) is 0 Å². The number of hydrogen-bond acceptors (Lipinski definition) is 4. The van der Waals surface area contributed by atoms with E-state index in [9.17, 15) is 20.4 Å². The number of aliphatic hydroxyl groups excluding tert-OH is 4. The Morgan fingerprint density at radius 2 is 0.409 bits per heavy atom. The van der Waals surface area contributed by atoms with Crippen LogP contribution in [0.2, 0.25) is 0 Å². The number of benzene rings is 4. The van der Waals surface area contributed by atoms with E-state index in [0.717, 1.165) is 22.3 Å². The van der Waals surface area contributed by atoms with Crippen LogP contribution >= 0.6 is 0 Å². The van der Waals surface area contributed by atoms with Gasteiger partial charge >= 0.3 is 0 Å². The van der Waals surface area contributed by atoms with Crippen LogP contribution in [-0.4, -0.2) is 20.4 Å². The van der Waals surface area contributed by atoms with Crippen molar-refractivity contribution in [1.82, 2.24) is 0 Å². The average molecular weight is 601 g/mol. The highest BCUT2D eigenvalue weighted by atomic mass is 16.3. The molecule has 0 fully saturated rings. The van der Waals surface area contributed by atoms with Gasteiger partial charge in [-0.1, -0.05) is 72.8 Å². The van der Waals surface area contributed by atoms with Crippen molar-refractivity contribution in [2.45, 2.75) is 108 Å². The highest BCUT2D eigenvalue weighted by molar-refractivity contribution is 5.37. The van der Waals surface area contributed by atoms with Crippen molar-refractivity contribution in [2.24, 2.45) is 0 Å². The number of rotatable bonds is 4. The van der Waals surface area contributed by atoms with Gasteiger partial charge in [0.05, 0.1) is 24.4 Å². The van der Waals surface area contributed by atoms with Crippen molar-refractivity contribution in [1.29, 1.82) is 0 Å². The second kappa shape index (κ2) is 18.5.